The lowest BCUT2D eigenvalue weighted by atomic mass is 9.62. The number of ketones is 1. The number of hydrogen-bond donors (Lipinski definition) is 0. The van der Waals surface area contributed by atoms with E-state index in [0.29, 0.717) is 11.7 Å². The van der Waals surface area contributed by atoms with Crippen LogP contribution in [0.2, 0.25) is 0 Å². The van der Waals surface area contributed by atoms with Gasteiger partial charge in [0.1, 0.15) is 0 Å². The molecule has 0 unspecified atom stereocenters. The Morgan fingerprint density at radius 1 is 0.786 bits per heavy atom. The van der Waals surface area contributed by atoms with Crippen LogP contribution in [0.5, 0.6) is 0 Å². The van der Waals surface area contributed by atoms with Crippen molar-refractivity contribution in [1.29, 1.82) is 0 Å². The van der Waals surface area contributed by atoms with E-state index in [4.69, 9.17) is 0 Å². The fourth-order valence-electron chi connectivity index (χ4n) is 4.54. The minimum atomic E-state index is 0.237. The maximum Gasteiger partial charge on any atom is 0.167 e. The number of Topliss-reactive ketones (excluding diaryl/α,β-unsaturated/α-hetero) is 1. The predicted octanol–water partition coefficient (Wildman–Crippen LogP) is 6.35. The zero-order valence-corrected chi connectivity index (χ0v) is 17.2. The molecule has 0 radical (unpaired) electrons. The molecule has 0 aromatic heterocycles. The molecule has 2 bridgehead atoms. The van der Waals surface area contributed by atoms with Crippen molar-refractivity contribution in [2.24, 2.45) is 5.92 Å². The number of carbonyl (C=O) groups is 1. The Balaban J connectivity index is 1.55. The summed E-state index contributed by atoms with van der Waals surface area (Å²) in [6.45, 7) is 1.60. The van der Waals surface area contributed by atoms with E-state index in [-0.39, 0.29) is 5.92 Å². The molecule has 0 heterocycles. The van der Waals surface area contributed by atoms with Gasteiger partial charge in [0, 0.05) is 24.6 Å². The van der Waals surface area contributed by atoms with Gasteiger partial charge in [-0.05, 0) is 57.4 Å². The van der Waals surface area contributed by atoms with Crippen molar-refractivity contribution in [3.05, 3.63) is 99.5 Å². The fourth-order valence-corrected chi connectivity index (χ4v) is 5.35. The van der Waals surface area contributed by atoms with Gasteiger partial charge in [-0.2, -0.15) is 0 Å². The minimum Gasteiger partial charge on any atom is -0.362 e. The van der Waals surface area contributed by atoms with E-state index < -0.39 is 0 Å². The Labute approximate surface area is 174 Å². The van der Waals surface area contributed by atoms with Crippen molar-refractivity contribution in [2.45, 2.75) is 31.8 Å². The molecule has 3 heteroatoms. The molecule has 3 aromatic carbocycles. The second-order valence-electron chi connectivity index (χ2n) is 7.92. The minimum absolute atomic E-state index is 0.237. The third-order valence-electron chi connectivity index (χ3n) is 6.12. The first-order valence-electron chi connectivity index (χ1n) is 9.90. The van der Waals surface area contributed by atoms with Crippen molar-refractivity contribution in [3.8, 4) is 0 Å². The van der Waals surface area contributed by atoms with Crippen LogP contribution in [0.4, 0.5) is 5.69 Å². The van der Waals surface area contributed by atoms with Gasteiger partial charge in [-0.1, -0.05) is 66.7 Å². The van der Waals surface area contributed by atoms with Gasteiger partial charge in [0.2, 0.25) is 0 Å². The molecular formula is C25H22BrNO. The number of rotatable bonds is 5. The van der Waals surface area contributed by atoms with Gasteiger partial charge in [0.05, 0.1) is 10.2 Å². The summed E-state index contributed by atoms with van der Waals surface area (Å²) in [5, 5.41) is 0. The maximum atomic E-state index is 12.9. The van der Waals surface area contributed by atoms with Gasteiger partial charge in [0.15, 0.2) is 5.78 Å². The van der Waals surface area contributed by atoms with E-state index >= 15 is 0 Å². The van der Waals surface area contributed by atoms with Crippen molar-refractivity contribution in [1.82, 2.24) is 0 Å². The molecule has 3 aromatic rings. The Morgan fingerprint density at radius 3 is 1.93 bits per heavy atom. The standard InChI is InChI=1S/C25H22BrNO/c26-24-22(12-11-21-19-13-20(14-19)25(28)23(21)24)27(15-17-7-3-1-4-8-17)16-18-9-5-2-6-10-18/h1-12,19-20H,13-16H2. The largest absolute Gasteiger partial charge is 0.362 e. The molecule has 0 N–H and O–H groups in total. The summed E-state index contributed by atoms with van der Waals surface area (Å²) < 4.78 is 0.969. The first-order valence-corrected chi connectivity index (χ1v) is 10.7. The average Bonchev–Trinajstić information content (AvgIpc) is 2.68. The highest BCUT2D eigenvalue weighted by atomic mass is 79.9. The van der Waals surface area contributed by atoms with E-state index in [2.05, 4.69) is 81.5 Å². The second kappa shape index (κ2) is 7.21. The second-order valence-corrected chi connectivity index (χ2v) is 8.71. The summed E-state index contributed by atoms with van der Waals surface area (Å²) in [7, 11) is 0. The van der Waals surface area contributed by atoms with E-state index in [1.54, 1.807) is 0 Å². The van der Waals surface area contributed by atoms with Crippen LogP contribution in [0.1, 0.15) is 45.8 Å². The molecule has 140 valence electrons. The van der Waals surface area contributed by atoms with E-state index in [9.17, 15) is 4.79 Å². The van der Waals surface area contributed by atoms with Crippen molar-refractivity contribution in [3.63, 3.8) is 0 Å². The summed E-state index contributed by atoms with van der Waals surface area (Å²) in [6.07, 6.45) is 2.07. The quantitative estimate of drug-likeness (QED) is 0.469. The van der Waals surface area contributed by atoms with Crippen LogP contribution in [0.15, 0.2) is 77.3 Å². The topological polar surface area (TPSA) is 20.3 Å². The first-order chi connectivity index (χ1) is 13.7. The zero-order chi connectivity index (χ0) is 19.1. The molecule has 0 amide bonds. The van der Waals surface area contributed by atoms with Gasteiger partial charge < -0.3 is 4.90 Å². The molecule has 1 fully saturated rings. The van der Waals surface area contributed by atoms with Crippen molar-refractivity contribution < 1.29 is 4.79 Å². The normalized spacial score (nSPS) is 19.7. The van der Waals surface area contributed by atoms with Crippen molar-refractivity contribution in [2.75, 3.05) is 4.90 Å². The number of anilines is 1. The van der Waals surface area contributed by atoms with Crippen molar-refractivity contribution >= 4 is 27.4 Å². The lowest BCUT2D eigenvalue weighted by molar-refractivity contribution is 0.0791. The molecule has 3 aliphatic rings. The Morgan fingerprint density at radius 2 is 1.36 bits per heavy atom. The number of benzene rings is 3. The predicted molar refractivity (Wildman–Crippen MR) is 117 cm³/mol. The van der Waals surface area contributed by atoms with E-state index in [1.165, 1.54) is 16.7 Å². The lowest BCUT2D eigenvalue weighted by Crippen LogP contribution is -2.37. The lowest BCUT2D eigenvalue weighted by Gasteiger charge is -2.42. The number of halogens is 1. The SMILES string of the molecule is O=C1c2c(ccc(N(Cc3ccccc3)Cc3ccccc3)c2Br)C2CC1C2. The molecule has 1 saturated carbocycles. The van der Waals surface area contributed by atoms with Crippen LogP contribution in [0, 0.1) is 5.92 Å². The molecule has 6 rings (SSSR count). The van der Waals surface area contributed by atoms with Gasteiger partial charge in [-0.25, -0.2) is 0 Å². The van der Waals surface area contributed by atoms with Crippen LogP contribution in [-0.2, 0) is 13.1 Å². The van der Waals surface area contributed by atoms with E-state index in [1.807, 2.05) is 12.1 Å². The highest BCUT2D eigenvalue weighted by Gasteiger charge is 2.44. The monoisotopic (exact) mass is 431 g/mol. The molecule has 0 aliphatic heterocycles. The number of carbonyl (C=O) groups excluding carboxylic acids is 1. The average molecular weight is 432 g/mol. The summed E-state index contributed by atoms with van der Waals surface area (Å²) in [6, 6.07) is 25.4. The molecule has 0 atom stereocenters. The maximum absolute atomic E-state index is 12.9. The molecule has 3 aliphatic carbocycles. The Bertz CT molecular complexity index is 968. The van der Waals surface area contributed by atoms with Gasteiger partial charge in [-0.15, -0.1) is 0 Å². The summed E-state index contributed by atoms with van der Waals surface area (Å²) in [5.74, 6) is 1.13. The molecule has 0 spiro atoms. The highest BCUT2D eigenvalue weighted by molar-refractivity contribution is 9.10. The molecule has 28 heavy (non-hydrogen) atoms. The van der Waals surface area contributed by atoms with Crippen LogP contribution >= 0.6 is 15.9 Å². The van der Waals surface area contributed by atoms with Crippen LogP contribution < -0.4 is 4.90 Å². The summed E-state index contributed by atoms with van der Waals surface area (Å²) >= 11 is 3.82. The fraction of sp³-hybridized carbons (Fsp3) is 0.240. The number of nitrogens with zero attached hydrogens (tertiary/aromatic N) is 1. The third-order valence-corrected chi connectivity index (χ3v) is 6.92. The first kappa shape index (κ1) is 17.7. The zero-order valence-electron chi connectivity index (χ0n) is 15.6. The number of hydrogen-bond acceptors (Lipinski definition) is 2. The van der Waals surface area contributed by atoms with E-state index in [0.717, 1.165) is 41.7 Å². The molecule has 2 nitrogen and oxygen atoms in total. The molecule has 0 saturated heterocycles. The Hall–Kier alpha value is -2.39. The summed E-state index contributed by atoms with van der Waals surface area (Å²) in [4.78, 5) is 15.3. The van der Waals surface area contributed by atoms with Crippen LogP contribution in [0.3, 0.4) is 0 Å². The highest BCUT2D eigenvalue weighted by Crippen LogP contribution is 2.52. The third kappa shape index (κ3) is 3.08. The van der Waals surface area contributed by atoms with Gasteiger partial charge in [-0.3, -0.25) is 4.79 Å². The van der Waals surface area contributed by atoms with Crippen LogP contribution in [0.25, 0.3) is 0 Å². The smallest absolute Gasteiger partial charge is 0.167 e. The van der Waals surface area contributed by atoms with Crippen LogP contribution in [-0.4, -0.2) is 5.78 Å². The van der Waals surface area contributed by atoms with Gasteiger partial charge >= 0.3 is 0 Å². The molecular weight excluding hydrogens is 410 g/mol. The Kier molecular flexibility index (Phi) is 4.56. The van der Waals surface area contributed by atoms with Gasteiger partial charge in [0.25, 0.3) is 0 Å². The summed E-state index contributed by atoms with van der Waals surface area (Å²) in [5.41, 5.74) is 5.79.